The average molecular weight is 673 g/mol. The predicted octanol–water partition coefficient (Wildman–Crippen LogP) is 9.21. The van der Waals surface area contributed by atoms with Gasteiger partial charge in [-0.05, 0) is 100 Å². The van der Waals surface area contributed by atoms with E-state index < -0.39 is 52.1 Å². The molecule has 1 aromatic rings. The normalized spacial score (nSPS) is 26.2. The zero-order valence-corrected chi connectivity index (χ0v) is 27.7. The third-order valence-corrected chi connectivity index (χ3v) is 10.8. The second kappa shape index (κ2) is 13.8. The predicted molar refractivity (Wildman–Crippen MR) is 168 cm³/mol. The number of carboxylic acids is 1. The van der Waals surface area contributed by atoms with Crippen LogP contribution < -0.4 is 4.74 Å². The highest BCUT2D eigenvalue weighted by Crippen LogP contribution is 2.49. The highest BCUT2D eigenvalue weighted by molar-refractivity contribution is 6.40. The van der Waals surface area contributed by atoms with Crippen LogP contribution in [0.4, 0.5) is 13.2 Å². The summed E-state index contributed by atoms with van der Waals surface area (Å²) < 4.78 is 49.1. The molecule has 0 amide bonds. The number of hydrogen-bond donors (Lipinski definition) is 1. The number of benzene rings is 1. The highest BCUT2D eigenvalue weighted by Gasteiger charge is 2.45. The maximum absolute atomic E-state index is 14.6. The van der Waals surface area contributed by atoms with E-state index >= 15 is 0 Å². The maximum atomic E-state index is 14.6. The first-order valence-electron chi connectivity index (χ1n) is 15.6. The first-order chi connectivity index (χ1) is 20.9. The number of hydrogen-bond acceptors (Lipinski definition) is 5. The number of Topliss-reactive ketones (excluding diaryl/α,β-unsaturated/α-hetero) is 2. The third-order valence-electron chi connectivity index (χ3n) is 10.2. The number of carbonyl (C=O) groups is 3. The third kappa shape index (κ3) is 8.31. The Balaban J connectivity index is 1.58. The number of carbonyl (C=O) groups excluding carboxylic acids is 2. The molecule has 2 saturated carbocycles. The lowest BCUT2D eigenvalue weighted by atomic mass is 9.61. The van der Waals surface area contributed by atoms with Crippen molar-refractivity contribution < 1.29 is 37.4 Å². The molecule has 4 rings (SSSR count). The van der Waals surface area contributed by atoms with Gasteiger partial charge >= 0.3 is 12.1 Å². The van der Waals surface area contributed by atoms with Gasteiger partial charge in [0.1, 0.15) is 5.75 Å². The van der Waals surface area contributed by atoms with Crippen LogP contribution in [-0.2, 0) is 9.59 Å². The molecule has 2 atom stereocenters. The summed E-state index contributed by atoms with van der Waals surface area (Å²) >= 11 is 12.6. The van der Waals surface area contributed by atoms with Gasteiger partial charge in [-0.25, -0.2) is 0 Å². The van der Waals surface area contributed by atoms with Crippen molar-refractivity contribution in [3.05, 3.63) is 38.9 Å². The molecule has 11 heteroatoms. The number of ketones is 2. The minimum atomic E-state index is -4.74. The van der Waals surface area contributed by atoms with Crippen LogP contribution >= 0.6 is 23.2 Å². The van der Waals surface area contributed by atoms with Gasteiger partial charge < -0.3 is 9.84 Å². The van der Waals surface area contributed by atoms with Crippen LogP contribution in [0.1, 0.15) is 95.3 Å². The Labute approximate surface area is 272 Å². The van der Waals surface area contributed by atoms with Crippen LogP contribution in [0.2, 0.25) is 10.0 Å². The molecule has 2 aliphatic carbocycles. The van der Waals surface area contributed by atoms with Crippen molar-refractivity contribution in [2.45, 2.75) is 91.2 Å². The van der Waals surface area contributed by atoms with Crippen molar-refractivity contribution in [1.29, 1.82) is 0 Å². The average Bonchev–Trinajstić information content (AvgIpc) is 3.17. The number of alkyl halides is 3. The summed E-state index contributed by atoms with van der Waals surface area (Å²) in [6.45, 7) is 6.05. The van der Waals surface area contributed by atoms with Gasteiger partial charge in [0.15, 0.2) is 11.6 Å². The zero-order valence-electron chi connectivity index (χ0n) is 26.2. The minimum absolute atomic E-state index is 0.0512. The maximum Gasteiger partial charge on any atom is 0.413 e. The summed E-state index contributed by atoms with van der Waals surface area (Å²) in [4.78, 5) is 43.4. The Morgan fingerprint density at radius 3 is 2.18 bits per heavy atom. The molecule has 0 saturated heterocycles. The van der Waals surface area contributed by atoms with Crippen molar-refractivity contribution in [1.82, 2.24) is 0 Å². The lowest BCUT2D eigenvalue weighted by Gasteiger charge is -2.44. The topological polar surface area (TPSA) is 93.0 Å². The zero-order chi connectivity index (χ0) is 33.3. The van der Waals surface area contributed by atoms with Crippen LogP contribution in [0.25, 0.3) is 0 Å². The van der Waals surface area contributed by atoms with Crippen LogP contribution in [-0.4, -0.2) is 48.7 Å². The summed E-state index contributed by atoms with van der Waals surface area (Å²) in [6.07, 6.45) is -0.226. The molecule has 2 fully saturated rings. The van der Waals surface area contributed by atoms with E-state index in [2.05, 4.69) is 18.8 Å². The van der Waals surface area contributed by atoms with E-state index in [4.69, 9.17) is 27.9 Å². The molecule has 45 heavy (non-hydrogen) atoms. The Morgan fingerprint density at radius 1 is 1.07 bits per heavy atom. The second-order valence-corrected chi connectivity index (χ2v) is 15.0. The fourth-order valence-corrected chi connectivity index (χ4v) is 8.24. The molecule has 0 spiro atoms. The molecule has 0 bridgehead atoms. The molecule has 2 unspecified atom stereocenters. The minimum Gasteiger partial charge on any atom is -0.497 e. The Hall–Kier alpha value is -2.39. The van der Waals surface area contributed by atoms with Crippen LogP contribution in [0, 0.1) is 34.5 Å². The number of rotatable bonds is 11. The summed E-state index contributed by atoms with van der Waals surface area (Å²) in [5, 5.41) is 9.78. The van der Waals surface area contributed by atoms with Gasteiger partial charge in [-0.3, -0.25) is 19.4 Å². The highest BCUT2D eigenvalue weighted by atomic mass is 35.5. The van der Waals surface area contributed by atoms with Gasteiger partial charge in [0.05, 0.1) is 28.1 Å². The number of methoxy groups -OCH3 is 1. The fraction of sp³-hybridized carbons (Fsp3) is 0.647. The fourth-order valence-electron chi connectivity index (χ4n) is 7.57. The van der Waals surface area contributed by atoms with E-state index in [9.17, 15) is 32.7 Å². The van der Waals surface area contributed by atoms with Crippen LogP contribution in [0.5, 0.6) is 5.75 Å². The number of carboxylic acid groups (broad SMARTS) is 1. The molecular formula is C34H42Cl2F3NO5. The van der Waals surface area contributed by atoms with Crippen LogP contribution in [0.15, 0.2) is 28.3 Å². The van der Waals surface area contributed by atoms with Crippen molar-refractivity contribution in [2.75, 3.05) is 13.7 Å². The van der Waals surface area contributed by atoms with Crippen molar-refractivity contribution in [3.63, 3.8) is 0 Å². The smallest absolute Gasteiger partial charge is 0.413 e. The summed E-state index contributed by atoms with van der Waals surface area (Å²) in [6, 6.07) is 2.93. The van der Waals surface area contributed by atoms with Crippen molar-refractivity contribution >= 4 is 47.0 Å². The Kier molecular flexibility index (Phi) is 10.8. The molecule has 1 N–H and O–H groups in total. The van der Waals surface area contributed by atoms with E-state index in [-0.39, 0.29) is 58.7 Å². The number of allylic oxidation sites excluding steroid dienone is 2. The number of ether oxygens (including phenoxy) is 1. The first kappa shape index (κ1) is 35.5. The molecule has 0 radical (unpaired) electrons. The number of aliphatic imine (C=N–C) groups is 1. The molecule has 3 aliphatic rings. The van der Waals surface area contributed by atoms with Gasteiger partial charge in [0.2, 0.25) is 0 Å². The monoisotopic (exact) mass is 671 g/mol. The van der Waals surface area contributed by atoms with Crippen molar-refractivity contribution in [3.8, 4) is 5.75 Å². The molecular weight excluding hydrogens is 630 g/mol. The number of halogens is 5. The van der Waals surface area contributed by atoms with Gasteiger partial charge in [0, 0.05) is 36.2 Å². The van der Waals surface area contributed by atoms with Gasteiger partial charge in [0.25, 0.3) is 0 Å². The van der Waals surface area contributed by atoms with E-state index in [1.54, 1.807) is 6.92 Å². The Morgan fingerprint density at radius 2 is 1.67 bits per heavy atom. The molecule has 0 aromatic heterocycles. The van der Waals surface area contributed by atoms with Gasteiger partial charge in [-0.1, -0.05) is 37.0 Å². The van der Waals surface area contributed by atoms with Crippen molar-refractivity contribution in [2.24, 2.45) is 39.5 Å². The second-order valence-electron chi connectivity index (χ2n) is 14.2. The first-order valence-corrected chi connectivity index (χ1v) is 16.3. The SMILES string of the molecule is COc1cc(Cl)c(C(=O)CCC(CC2CC(C)(C)C2)C(=O)C2=C(C(F)(F)F)CC(C3CCC(C)(C(=O)O)CC3)CN=C2)c(Cl)c1. The van der Waals surface area contributed by atoms with Gasteiger partial charge in [-0.2, -0.15) is 13.2 Å². The van der Waals surface area contributed by atoms with E-state index in [1.165, 1.54) is 19.2 Å². The summed E-state index contributed by atoms with van der Waals surface area (Å²) in [5.41, 5.74) is -1.99. The number of nitrogens with zero attached hydrogens (tertiary/aromatic N) is 1. The molecule has 1 aromatic carbocycles. The molecule has 1 heterocycles. The quantitative estimate of drug-likeness (QED) is 0.237. The molecule has 248 valence electrons. The molecule has 6 nitrogen and oxygen atoms in total. The van der Waals surface area contributed by atoms with E-state index in [0.29, 0.717) is 37.9 Å². The molecule has 1 aliphatic heterocycles. The Bertz CT molecular complexity index is 1350. The summed E-state index contributed by atoms with van der Waals surface area (Å²) in [5.74, 6) is -2.77. The summed E-state index contributed by atoms with van der Waals surface area (Å²) in [7, 11) is 1.44. The largest absolute Gasteiger partial charge is 0.497 e. The van der Waals surface area contributed by atoms with E-state index in [1.807, 2.05) is 0 Å². The lowest BCUT2D eigenvalue weighted by molar-refractivity contribution is -0.150. The number of aliphatic carboxylic acids is 1. The lowest BCUT2D eigenvalue weighted by Crippen LogP contribution is -2.36. The standard InChI is InChI=1S/C34H42Cl2F3NO5/c1-32(2)15-19(16-32)11-21(5-6-28(41)29-26(35)13-23(45-4)14-27(29)36)30(42)24-18-40-17-22(12-25(24)34(37,38)39)20-7-9-33(3,10-8-20)31(43)44/h13-14,18-22H,5-12,15-17H2,1-4H3,(H,43,44). The van der Waals surface area contributed by atoms with Gasteiger partial charge in [-0.15, -0.1) is 0 Å². The van der Waals surface area contributed by atoms with E-state index in [0.717, 1.165) is 19.1 Å². The van der Waals surface area contributed by atoms with Crippen LogP contribution in [0.3, 0.4) is 0 Å².